The van der Waals surface area contributed by atoms with Gasteiger partial charge in [0.05, 0.1) is 11.7 Å². The smallest absolute Gasteiger partial charge is 0.185 e. The zero-order valence-corrected chi connectivity index (χ0v) is 13.5. The number of nitrogens with zero attached hydrogens (tertiary/aromatic N) is 2. The van der Waals surface area contributed by atoms with Crippen molar-refractivity contribution in [1.29, 1.82) is 0 Å². The maximum Gasteiger partial charge on any atom is 0.185 e. The number of thiazole rings is 1. The molecule has 2 heterocycles. The summed E-state index contributed by atoms with van der Waals surface area (Å²) in [6.45, 7) is 5.76. The van der Waals surface area contributed by atoms with E-state index in [2.05, 4.69) is 17.1 Å². The van der Waals surface area contributed by atoms with Gasteiger partial charge in [-0.25, -0.2) is 4.98 Å². The van der Waals surface area contributed by atoms with Gasteiger partial charge in [-0.2, -0.15) is 0 Å². The zero-order chi connectivity index (χ0) is 13.8. The van der Waals surface area contributed by atoms with Crippen LogP contribution in [-0.4, -0.2) is 24.6 Å². The Kier molecular flexibility index (Phi) is 4.94. The van der Waals surface area contributed by atoms with Crippen molar-refractivity contribution in [3.8, 4) is 0 Å². The highest BCUT2D eigenvalue weighted by molar-refractivity contribution is 7.15. The second-order valence-corrected chi connectivity index (χ2v) is 7.17. The van der Waals surface area contributed by atoms with Crippen LogP contribution in [0.15, 0.2) is 0 Å². The van der Waals surface area contributed by atoms with E-state index in [1.807, 2.05) is 11.3 Å². The highest BCUT2D eigenvalue weighted by atomic mass is 32.1. The topological polar surface area (TPSA) is 28.2 Å². The van der Waals surface area contributed by atoms with E-state index in [1.54, 1.807) is 4.88 Å². The number of aryl methyl sites for hydroxylation is 1. The molecular formula is C16H27N3S. The minimum Gasteiger partial charge on any atom is -0.348 e. The number of nitrogens with one attached hydrogen (secondary N) is 1. The first-order valence-electron chi connectivity index (χ1n) is 8.36. The van der Waals surface area contributed by atoms with Crippen molar-refractivity contribution in [2.24, 2.45) is 0 Å². The molecule has 112 valence electrons. The predicted octanol–water partition coefficient (Wildman–Crippen LogP) is 3.90. The summed E-state index contributed by atoms with van der Waals surface area (Å²) >= 11 is 1.96. The lowest BCUT2D eigenvalue weighted by molar-refractivity contribution is 0.454. The molecule has 0 spiro atoms. The molecule has 4 heteroatoms. The number of aromatic nitrogens is 1. The summed E-state index contributed by atoms with van der Waals surface area (Å²) in [7, 11) is 0. The second kappa shape index (κ2) is 6.90. The average Bonchev–Trinajstić information content (AvgIpc) is 2.72. The van der Waals surface area contributed by atoms with Crippen LogP contribution in [0.5, 0.6) is 0 Å². The molecule has 1 aliphatic heterocycles. The Morgan fingerprint density at radius 2 is 2.00 bits per heavy atom. The predicted molar refractivity (Wildman–Crippen MR) is 86.8 cm³/mol. The molecule has 3 nitrogen and oxygen atoms in total. The SMILES string of the molecule is CCCNC1CCCc2sc(N3CCCCCC3)nc21. The van der Waals surface area contributed by atoms with Crippen molar-refractivity contribution in [1.82, 2.24) is 10.3 Å². The summed E-state index contributed by atoms with van der Waals surface area (Å²) in [6, 6.07) is 0.510. The lowest BCUT2D eigenvalue weighted by Crippen LogP contribution is -2.26. The first-order valence-corrected chi connectivity index (χ1v) is 9.18. The molecule has 0 bridgehead atoms. The molecule has 0 amide bonds. The van der Waals surface area contributed by atoms with Gasteiger partial charge in [-0.1, -0.05) is 19.8 Å². The zero-order valence-electron chi connectivity index (χ0n) is 12.7. The Hall–Kier alpha value is -0.610. The van der Waals surface area contributed by atoms with E-state index in [9.17, 15) is 0 Å². The van der Waals surface area contributed by atoms with Crippen LogP contribution in [0.1, 0.15) is 68.5 Å². The van der Waals surface area contributed by atoms with Crippen molar-refractivity contribution in [2.45, 2.75) is 64.3 Å². The lowest BCUT2D eigenvalue weighted by atomic mass is 9.97. The molecule has 1 saturated heterocycles. The second-order valence-electron chi connectivity index (χ2n) is 6.11. The Balaban J connectivity index is 1.75. The van der Waals surface area contributed by atoms with Crippen LogP contribution in [-0.2, 0) is 6.42 Å². The van der Waals surface area contributed by atoms with E-state index < -0.39 is 0 Å². The first-order chi connectivity index (χ1) is 9.88. The highest BCUT2D eigenvalue weighted by Crippen LogP contribution is 2.37. The molecule has 3 rings (SSSR count). The van der Waals surface area contributed by atoms with E-state index >= 15 is 0 Å². The van der Waals surface area contributed by atoms with Gasteiger partial charge in [-0.3, -0.25) is 0 Å². The van der Waals surface area contributed by atoms with Crippen LogP contribution in [0.4, 0.5) is 5.13 Å². The summed E-state index contributed by atoms with van der Waals surface area (Å²) in [5.74, 6) is 0. The van der Waals surface area contributed by atoms with Crippen molar-refractivity contribution >= 4 is 16.5 Å². The molecule has 0 saturated carbocycles. The molecule has 1 N–H and O–H groups in total. The van der Waals surface area contributed by atoms with Gasteiger partial charge in [0.2, 0.25) is 0 Å². The van der Waals surface area contributed by atoms with Crippen molar-refractivity contribution in [2.75, 3.05) is 24.5 Å². The standard InChI is InChI=1S/C16H27N3S/c1-2-10-17-13-8-7-9-14-15(13)18-16(20-14)19-11-5-3-4-6-12-19/h13,17H,2-12H2,1H3. The summed E-state index contributed by atoms with van der Waals surface area (Å²) in [4.78, 5) is 9.11. The normalized spacial score (nSPS) is 23.4. The third kappa shape index (κ3) is 3.17. The fourth-order valence-corrected chi connectivity index (χ4v) is 4.53. The summed E-state index contributed by atoms with van der Waals surface area (Å²) in [5, 5.41) is 4.98. The molecule has 1 unspecified atom stereocenters. The van der Waals surface area contributed by atoms with E-state index in [4.69, 9.17) is 4.98 Å². The van der Waals surface area contributed by atoms with Gasteiger partial charge in [0.1, 0.15) is 0 Å². The van der Waals surface area contributed by atoms with Gasteiger partial charge in [0.25, 0.3) is 0 Å². The third-order valence-corrected chi connectivity index (χ3v) is 5.65. The van der Waals surface area contributed by atoms with E-state index in [0.29, 0.717) is 6.04 Å². The van der Waals surface area contributed by atoms with Crippen molar-refractivity contribution in [3.05, 3.63) is 10.6 Å². The van der Waals surface area contributed by atoms with Crippen LogP contribution < -0.4 is 10.2 Å². The van der Waals surface area contributed by atoms with Crippen LogP contribution >= 0.6 is 11.3 Å². The number of anilines is 1. The lowest BCUT2D eigenvalue weighted by Gasteiger charge is -2.22. The highest BCUT2D eigenvalue weighted by Gasteiger charge is 2.25. The first kappa shape index (κ1) is 14.3. The molecule has 1 aliphatic carbocycles. The summed E-state index contributed by atoms with van der Waals surface area (Å²) < 4.78 is 0. The van der Waals surface area contributed by atoms with Crippen LogP contribution in [0.25, 0.3) is 0 Å². The van der Waals surface area contributed by atoms with Gasteiger partial charge in [-0.05, 0) is 45.1 Å². The largest absolute Gasteiger partial charge is 0.348 e. The quantitative estimate of drug-likeness (QED) is 0.912. The molecule has 1 aromatic rings. The minimum absolute atomic E-state index is 0.510. The molecular weight excluding hydrogens is 266 g/mol. The van der Waals surface area contributed by atoms with Crippen LogP contribution in [0, 0.1) is 0 Å². The van der Waals surface area contributed by atoms with Gasteiger partial charge in [-0.15, -0.1) is 11.3 Å². The van der Waals surface area contributed by atoms with Gasteiger partial charge < -0.3 is 10.2 Å². The molecule has 1 atom stereocenters. The Labute approximate surface area is 126 Å². The monoisotopic (exact) mass is 293 g/mol. The Morgan fingerprint density at radius 3 is 2.75 bits per heavy atom. The molecule has 0 aromatic carbocycles. The van der Waals surface area contributed by atoms with Crippen LogP contribution in [0.3, 0.4) is 0 Å². The third-order valence-electron chi connectivity index (χ3n) is 4.46. The molecule has 1 fully saturated rings. The minimum atomic E-state index is 0.510. The summed E-state index contributed by atoms with van der Waals surface area (Å²) in [6.07, 6.45) is 10.5. The van der Waals surface area contributed by atoms with Gasteiger partial charge in [0.15, 0.2) is 5.13 Å². The number of hydrogen-bond acceptors (Lipinski definition) is 4. The fourth-order valence-electron chi connectivity index (χ4n) is 3.32. The van der Waals surface area contributed by atoms with E-state index in [1.165, 1.54) is 75.3 Å². The van der Waals surface area contributed by atoms with Crippen molar-refractivity contribution < 1.29 is 0 Å². The fraction of sp³-hybridized carbons (Fsp3) is 0.812. The number of hydrogen-bond donors (Lipinski definition) is 1. The van der Waals surface area contributed by atoms with Gasteiger partial charge >= 0.3 is 0 Å². The van der Waals surface area contributed by atoms with E-state index in [0.717, 1.165) is 6.54 Å². The van der Waals surface area contributed by atoms with Crippen molar-refractivity contribution in [3.63, 3.8) is 0 Å². The molecule has 20 heavy (non-hydrogen) atoms. The maximum absolute atomic E-state index is 5.03. The maximum atomic E-state index is 5.03. The molecule has 2 aliphatic rings. The molecule has 1 aromatic heterocycles. The van der Waals surface area contributed by atoms with E-state index in [-0.39, 0.29) is 0 Å². The molecule has 0 radical (unpaired) electrons. The summed E-state index contributed by atoms with van der Waals surface area (Å²) in [5.41, 5.74) is 1.37. The Bertz CT molecular complexity index is 421. The average molecular weight is 293 g/mol. The van der Waals surface area contributed by atoms with Crippen LogP contribution in [0.2, 0.25) is 0 Å². The Morgan fingerprint density at radius 1 is 1.20 bits per heavy atom. The number of fused-ring (bicyclic) bond motifs is 1. The van der Waals surface area contributed by atoms with Gasteiger partial charge in [0, 0.05) is 18.0 Å². The number of rotatable bonds is 4.